The van der Waals surface area contributed by atoms with Crippen LogP contribution in [0.5, 0.6) is 0 Å². The Hall–Kier alpha value is -1.23. The lowest BCUT2D eigenvalue weighted by atomic mass is 10.3. The van der Waals surface area contributed by atoms with Crippen molar-refractivity contribution in [1.82, 2.24) is 9.71 Å². The Morgan fingerprint density at radius 1 is 1.62 bits per heavy atom. The SMILES string of the molecule is CCC(NS(=O)(=O)c1cc(C(=O)O)oc1Br)c1nccs1. The van der Waals surface area contributed by atoms with Crippen LogP contribution < -0.4 is 4.72 Å². The standard InChI is InChI=1S/C11H11BrN2O5S2/c1-2-6(10-13-3-4-20-10)14-21(17,18)8-5-7(11(15)16)19-9(8)12/h3-6,14H,2H2,1H3,(H,15,16). The molecule has 10 heteroatoms. The van der Waals surface area contributed by atoms with E-state index in [0.717, 1.165) is 6.07 Å². The van der Waals surface area contributed by atoms with Gasteiger partial charge >= 0.3 is 5.97 Å². The minimum atomic E-state index is -3.93. The van der Waals surface area contributed by atoms with Crippen LogP contribution in [0.1, 0.15) is 34.9 Å². The third kappa shape index (κ3) is 3.51. The first-order valence-corrected chi connectivity index (χ1v) is 8.95. The Labute approximate surface area is 133 Å². The smallest absolute Gasteiger partial charge is 0.371 e. The maximum Gasteiger partial charge on any atom is 0.371 e. The Morgan fingerprint density at radius 2 is 2.33 bits per heavy atom. The van der Waals surface area contributed by atoms with Gasteiger partial charge in [0.25, 0.3) is 0 Å². The highest BCUT2D eigenvalue weighted by atomic mass is 79.9. The number of rotatable bonds is 6. The minimum Gasteiger partial charge on any atom is -0.475 e. The predicted octanol–water partition coefficient (Wildman–Crippen LogP) is 2.63. The van der Waals surface area contributed by atoms with Crippen molar-refractivity contribution in [2.45, 2.75) is 24.3 Å². The van der Waals surface area contributed by atoms with Crippen molar-refractivity contribution in [1.29, 1.82) is 0 Å². The molecule has 0 fully saturated rings. The number of halogens is 1. The Kier molecular flexibility index (Phi) is 4.81. The molecular formula is C11H11BrN2O5S2. The van der Waals surface area contributed by atoms with E-state index in [2.05, 4.69) is 25.6 Å². The summed E-state index contributed by atoms with van der Waals surface area (Å²) in [6, 6.07) is 0.480. The molecule has 0 amide bonds. The van der Waals surface area contributed by atoms with E-state index in [-0.39, 0.29) is 9.56 Å². The number of carbonyl (C=O) groups is 1. The maximum atomic E-state index is 12.3. The highest BCUT2D eigenvalue weighted by Crippen LogP contribution is 2.28. The van der Waals surface area contributed by atoms with Gasteiger partial charge in [-0.25, -0.2) is 22.9 Å². The number of furan rings is 1. The predicted molar refractivity (Wildman–Crippen MR) is 78.8 cm³/mol. The van der Waals surface area contributed by atoms with E-state index in [1.54, 1.807) is 11.6 Å². The average Bonchev–Trinajstić information content (AvgIpc) is 3.05. The minimum absolute atomic E-state index is 0.151. The lowest BCUT2D eigenvalue weighted by molar-refractivity contribution is 0.0661. The first-order chi connectivity index (χ1) is 9.85. The number of carboxylic acid groups (broad SMARTS) is 1. The van der Waals surface area contributed by atoms with Crippen LogP contribution in [-0.4, -0.2) is 24.5 Å². The van der Waals surface area contributed by atoms with Crippen molar-refractivity contribution in [3.05, 3.63) is 33.1 Å². The molecule has 2 aromatic heterocycles. The normalized spacial score (nSPS) is 13.2. The molecule has 7 nitrogen and oxygen atoms in total. The summed E-state index contributed by atoms with van der Waals surface area (Å²) in [7, 11) is -3.93. The Morgan fingerprint density at radius 3 is 2.81 bits per heavy atom. The molecule has 0 aliphatic heterocycles. The summed E-state index contributed by atoms with van der Waals surface area (Å²) in [6.07, 6.45) is 2.10. The zero-order valence-electron chi connectivity index (χ0n) is 10.7. The highest BCUT2D eigenvalue weighted by molar-refractivity contribution is 9.10. The van der Waals surface area contributed by atoms with Gasteiger partial charge in [0.05, 0.1) is 6.04 Å². The van der Waals surface area contributed by atoms with Crippen LogP contribution in [0.2, 0.25) is 0 Å². The first kappa shape index (κ1) is 16.1. The molecule has 0 aliphatic carbocycles. The van der Waals surface area contributed by atoms with Crippen LogP contribution in [-0.2, 0) is 10.0 Å². The molecule has 21 heavy (non-hydrogen) atoms. The number of sulfonamides is 1. The molecule has 0 radical (unpaired) electrons. The van der Waals surface area contributed by atoms with Crippen molar-refractivity contribution in [3.63, 3.8) is 0 Å². The number of aromatic nitrogens is 1. The monoisotopic (exact) mass is 394 g/mol. The van der Waals surface area contributed by atoms with Gasteiger partial charge in [0.2, 0.25) is 15.8 Å². The topological polar surface area (TPSA) is 110 Å². The molecule has 2 N–H and O–H groups in total. The zero-order valence-corrected chi connectivity index (χ0v) is 14.0. The molecule has 0 spiro atoms. The number of nitrogens with zero attached hydrogens (tertiary/aromatic N) is 1. The van der Waals surface area contributed by atoms with E-state index < -0.39 is 27.8 Å². The molecule has 0 aliphatic rings. The van der Waals surface area contributed by atoms with Crippen LogP contribution in [0.25, 0.3) is 0 Å². The number of hydrogen-bond donors (Lipinski definition) is 2. The number of thiazole rings is 1. The van der Waals surface area contributed by atoms with Crippen LogP contribution in [0.3, 0.4) is 0 Å². The van der Waals surface area contributed by atoms with E-state index in [1.807, 2.05) is 6.92 Å². The van der Waals surface area contributed by atoms with Crippen LogP contribution >= 0.6 is 27.3 Å². The lowest BCUT2D eigenvalue weighted by Crippen LogP contribution is -2.28. The van der Waals surface area contributed by atoms with Crippen LogP contribution in [0.15, 0.2) is 31.6 Å². The molecule has 1 unspecified atom stereocenters. The number of carboxylic acids is 1. The fraction of sp³-hybridized carbons (Fsp3) is 0.273. The van der Waals surface area contributed by atoms with Crippen molar-refractivity contribution < 1.29 is 22.7 Å². The first-order valence-electron chi connectivity index (χ1n) is 5.79. The van der Waals surface area contributed by atoms with Gasteiger partial charge in [-0.15, -0.1) is 11.3 Å². The average molecular weight is 395 g/mol. The lowest BCUT2D eigenvalue weighted by Gasteiger charge is -2.13. The second kappa shape index (κ2) is 6.26. The molecular weight excluding hydrogens is 384 g/mol. The van der Waals surface area contributed by atoms with Gasteiger partial charge < -0.3 is 9.52 Å². The van der Waals surface area contributed by atoms with E-state index in [4.69, 9.17) is 9.52 Å². The van der Waals surface area contributed by atoms with Crippen molar-refractivity contribution >= 4 is 43.3 Å². The van der Waals surface area contributed by atoms with E-state index in [0.29, 0.717) is 11.4 Å². The summed E-state index contributed by atoms with van der Waals surface area (Å²) in [5.74, 6) is -1.80. The van der Waals surface area contributed by atoms with Gasteiger partial charge in [-0.1, -0.05) is 6.92 Å². The molecule has 114 valence electrons. The Bertz CT molecular complexity index is 739. The van der Waals surface area contributed by atoms with E-state index in [1.165, 1.54) is 11.3 Å². The van der Waals surface area contributed by atoms with Crippen LogP contribution in [0.4, 0.5) is 0 Å². The maximum absolute atomic E-state index is 12.3. The van der Waals surface area contributed by atoms with Crippen LogP contribution in [0, 0.1) is 0 Å². The summed E-state index contributed by atoms with van der Waals surface area (Å²) in [5.41, 5.74) is 0. The second-order valence-corrected chi connectivity index (χ2v) is 7.34. The van der Waals surface area contributed by atoms with Crippen molar-refractivity contribution in [2.75, 3.05) is 0 Å². The number of hydrogen-bond acceptors (Lipinski definition) is 6. The molecule has 2 aromatic rings. The second-order valence-electron chi connectivity index (χ2n) is 4.01. The molecule has 0 bridgehead atoms. The Balaban J connectivity index is 2.32. The van der Waals surface area contributed by atoms with E-state index >= 15 is 0 Å². The van der Waals surface area contributed by atoms with E-state index in [9.17, 15) is 13.2 Å². The van der Waals surface area contributed by atoms with Gasteiger partial charge in [0, 0.05) is 17.6 Å². The molecule has 2 rings (SSSR count). The molecule has 0 aromatic carbocycles. The third-order valence-corrected chi connectivity index (χ3v) is 5.83. The molecule has 1 atom stereocenters. The highest BCUT2D eigenvalue weighted by Gasteiger charge is 2.28. The summed E-state index contributed by atoms with van der Waals surface area (Å²) in [5, 5.41) is 11.2. The van der Waals surface area contributed by atoms with Gasteiger partial charge in [-0.2, -0.15) is 0 Å². The molecule has 0 saturated carbocycles. The molecule has 2 heterocycles. The fourth-order valence-corrected chi connectivity index (χ4v) is 4.68. The van der Waals surface area contributed by atoms with Gasteiger partial charge in [0.15, 0.2) is 4.67 Å². The third-order valence-electron chi connectivity index (χ3n) is 2.61. The van der Waals surface area contributed by atoms with Crippen molar-refractivity contribution in [2.24, 2.45) is 0 Å². The fourth-order valence-electron chi connectivity index (χ4n) is 1.61. The summed E-state index contributed by atoms with van der Waals surface area (Å²) in [6.45, 7) is 1.82. The zero-order chi connectivity index (χ0) is 15.6. The van der Waals surface area contributed by atoms with Gasteiger partial charge in [0.1, 0.15) is 9.90 Å². The number of nitrogens with one attached hydrogen (secondary N) is 1. The largest absolute Gasteiger partial charge is 0.475 e. The summed E-state index contributed by atoms with van der Waals surface area (Å²) in [4.78, 5) is 14.6. The quantitative estimate of drug-likeness (QED) is 0.778. The summed E-state index contributed by atoms with van der Waals surface area (Å²) < 4.78 is 31.9. The van der Waals surface area contributed by atoms with Gasteiger partial charge in [-0.3, -0.25) is 0 Å². The summed E-state index contributed by atoms with van der Waals surface area (Å²) >= 11 is 4.26. The number of aromatic carboxylic acids is 1. The van der Waals surface area contributed by atoms with Crippen molar-refractivity contribution in [3.8, 4) is 0 Å². The van der Waals surface area contributed by atoms with Gasteiger partial charge in [-0.05, 0) is 22.4 Å². The molecule has 0 saturated heterocycles.